The molecular formula is C16H16BrN3O2S. The lowest BCUT2D eigenvalue weighted by Gasteiger charge is -2.14. The molecule has 0 saturated heterocycles. The molecule has 0 atom stereocenters. The Morgan fingerprint density at radius 1 is 1.35 bits per heavy atom. The van der Waals surface area contributed by atoms with E-state index in [9.17, 15) is 9.59 Å². The fourth-order valence-corrected chi connectivity index (χ4v) is 3.62. The van der Waals surface area contributed by atoms with Crippen molar-refractivity contribution in [3.63, 3.8) is 0 Å². The van der Waals surface area contributed by atoms with Gasteiger partial charge in [-0.25, -0.2) is 4.98 Å². The summed E-state index contributed by atoms with van der Waals surface area (Å²) < 4.78 is 0.906. The second kappa shape index (κ2) is 7.31. The first kappa shape index (κ1) is 16.3. The molecule has 120 valence electrons. The molecule has 1 amide bonds. The van der Waals surface area contributed by atoms with Gasteiger partial charge in [-0.3, -0.25) is 9.59 Å². The van der Waals surface area contributed by atoms with Gasteiger partial charge in [-0.2, -0.15) is 0 Å². The second-order valence-corrected chi connectivity index (χ2v) is 7.23. The number of rotatable bonds is 4. The maximum atomic E-state index is 12.0. The third kappa shape index (κ3) is 4.23. The summed E-state index contributed by atoms with van der Waals surface area (Å²) in [7, 11) is 0. The number of hydrogen-bond donors (Lipinski definition) is 2. The van der Waals surface area contributed by atoms with Crippen LogP contribution in [0.3, 0.4) is 0 Å². The van der Waals surface area contributed by atoms with E-state index in [-0.39, 0.29) is 17.2 Å². The van der Waals surface area contributed by atoms with Gasteiger partial charge < -0.3 is 10.3 Å². The van der Waals surface area contributed by atoms with Crippen LogP contribution in [0.5, 0.6) is 0 Å². The summed E-state index contributed by atoms with van der Waals surface area (Å²) in [5.41, 5.74) is 2.36. The molecular weight excluding hydrogens is 378 g/mol. The molecule has 0 fully saturated rings. The van der Waals surface area contributed by atoms with Gasteiger partial charge in [0.1, 0.15) is 0 Å². The van der Waals surface area contributed by atoms with E-state index in [0.717, 1.165) is 47.1 Å². The van der Waals surface area contributed by atoms with E-state index in [2.05, 4.69) is 31.2 Å². The van der Waals surface area contributed by atoms with Crippen molar-refractivity contribution in [2.75, 3.05) is 11.1 Å². The molecule has 2 aromatic rings. The summed E-state index contributed by atoms with van der Waals surface area (Å²) >= 11 is 4.61. The molecule has 1 aromatic carbocycles. The number of benzene rings is 1. The number of carbonyl (C=O) groups excluding carboxylic acids is 1. The number of anilines is 1. The number of aromatic nitrogens is 2. The van der Waals surface area contributed by atoms with Gasteiger partial charge in [-0.05, 0) is 43.9 Å². The Morgan fingerprint density at radius 2 is 2.17 bits per heavy atom. The number of aryl methyl sites for hydroxylation is 1. The van der Waals surface area contributed by atoms with Crippen LogP contribution in [0.4, 0.5) is 5.69 Å². The monoisotopic (exact) mass is 393 g/mol. The number of amides is 1. The topological polar surface area (TPSA) is 74.8 Å². The molecule has 0 radical (unpaired) electrons. The predicted octanol–water partition coefficient (Wildman–Crippen LogP) is 3.14. The highest BCUT2D eigenvalue weighted by atomic mass is 79.9. The molecule has 1 aliphatic rings. The van der Waals surface area contributed by atoms with Crippen LogP contribution < -0.4 is 10.9 Å². The van der Waals surface area contributed by atoms with Crippen LogP contribution in [0.15, 0.2) is 38.7 Å². The molecule has 0 aliphatic heterocycles. The normalized spacial score (nSPS) is 13.4. The molecule has 3 rings (SSSR count). The minimum atomic E-state index is -0.131. The summed E-state index contributed by atoms with van der Waals surface area (Å²) in [5, 5.41) is 3.33. The van der Waals surface area contributed by atoms with Crippen LogP contribution in [0, 0.1) is 0 Å². The molecule has 0 saturated carbocycles. The van der Waals surface area contributed by atoms with Crippen molar-refractivity contribution >= 4 is 39.3 Å². The van der Waals surface area contributed by atoms with E-state index in [1.54, 1.807) is 0 Å². The number of fused-ring (bicyclic) bond motifs is 1. The number of nitrogens with one attached hydrogen (secondary N) is 2. The van der Waals surface area contributed by atoms with E-state index < -0.39 is 0 Å². The van der Waals surface area contributed by atoms with Crippen molar-refractivity contribution in [3.05, 3.63) is 50.3 Å². The highest BCUT2D eigenvalue weighted by Gasteiger charge is 2.16. The molecule has 5 nitrogen and oxygen atoms in total. The van der Waals surface area contributed by atoms with Crippen LogP contribution in [0.1, 0.15) is 24.1 Å². The van der Waals surface area contributed by atoms with E-state index in [1.165, 1.54) is 11.8 Å². The molecule has 0 bridgehead atoms. The average molecular weight is 394 g/mol. The first-order valence-electron chi connectivity index (χ1n) is 7.42. The maximum Gasteiger partial charge on any atom is 0.254 e. The molecule has 1 aromatic heterocycles. The first-order chi connectivity index (χ1) is 11.1. The van der Waals surface area contributed by atoms with Crippen molar-refractivity contribution in [1.29, 1.82) is 0 Å². The zero-order chi connectivity index (χ0) is 16.2. The molecule has 7 heteroatoms. The smallest absolute Gasteiger partial charge is 0.254 e. The summed E-state index contributed by atoms with van der Waals surface area (Å²) in [6, 6.07) is 7.41. The molecule has 0 spiro atoms. The lowest BCUT2D eigenvalue weighted by atomic mass is 9.97. The molecule has 1 heterocycles. The summed E-state index contributed by atoms with van der Waals surface area (Å²) in [5.74, 6) is 0.0716. The second-order valence-electron chi connectivity index (χ2n) is 5.35. The maximum absolute atomic E-state index is 12.0. The van der Waals surface area contributed by atoms with Gasteiger partial charge in [-0.1, -0.05) is 33.8 Å². The van der Waals surface area contributed by atoms with Gasteiger partial charge in [0.15, 0.2) is 5.16 Å². The van der Waals surface area contributed by atoms with Crippen molar-refractivity contribution in [2.45, 2.75) is 30.8 Å². The van der Waals surface area contributed by atoms with Crippen molar-refractivity contribution < 1.29 is 4.79 Å². The van der Waals surface area contributed by atoms with Gasteiger partial charge in [-0.15, -0.1) is 0 Å². The van der Waals surface area contributed by atoms with Crippen molar-refractivity contribution in [1.82, 2.24) is 9.97 Å². The SMILES string of the molecule is O=C(CSc1nc2c(c(=O)[nH]1)CCCC2)Nc1cccc(Br)c1. The number of H-pyrrole nitrogens is 1. The number of nitrogens with zero attached hydrogens (tertiary/aromatic N) is 1. The average Bonchev–Trinajstić information content (AvgIpc) is 2.53. The molecule has 0 unspecified atom stereocenters. The number of halogens is 1. The van der Waals surface area contributed by atoms with Gasteiger partial charge in [0.05, 0.1) is 11.4 Å². The van der Waals surface area contributed by atoms with Crippen LogP contribution in [-0.4, -0.2) is 21.6 Å². The predicted molar refractivity (Wildman–Crippen MR) is 95.0 cm³/mol. The summed E-state index contributed by atoms with van der Waals surface area (Å²) in [6.07, 6.45) is 3.75. The Kier molecular flexibility index (Phi) is 5.17. The largest absolute Gasteiger partial charge is 0.325 e. The third-order valence-electron chi connectivity index (χ3n) is 3.62. The quantitative estimate of drug-likeness (QED) is 0.617. The van der Waals surface area contributed by atoms with Crippen molar-refractivity contribution in [2.24, 2.45) is 0 Å². The van der Waals surface area contributed by atoms with Gasteiger partial charge in [0.2, 0.25) is 5.91 Å². The summed E-state index contributed by atoms with van der Waals surface area (Å²) in [4.78, 5) is 31.3. The van der Waals surface area contributed by atoms with Gasteiger partial charge in [0, 0.05) is 15.7 Å². The van der Waals surface area contributed by atoms with E-state index in [4.69, 9.17) is 0 Å². The van der Waals surface area contributed by atoms with Crippen molar-refractivity contribution in [3.8, 4) is 0 Å². The van der Waals surface area contributed by atoms with Gasteiger partial charge >= 0.3 is 0 Å². The Bertz CT molecular complexity index is 791. The van der Waals surface area contributed by atoms with Crippen LogP contribution in [0.25, 0.3) is 0 Å². The Hall–Kier alpha value is -1.60. The first-order valence-corrected chi connectivity index (χ1v) is 9.20. The van der Waals surface area contributed by atoms with Gasteiger partial charge in [0.25, 0.3) is 5.56 Å². The van der Waals surface area contributed by atoms with Crippen LogP contribution in [-0.2, 0) is 17.6 Å². The Balaban J connectivity index is 1.63. The number of hydrogen-bond acceptors (Lipinski definition) is 4. The molecule has 1 aliphatic carbocycles. The van der Waals surface area contributed by atoms with Crippen LogP contribution in [0.2, 0.25) is 0 Å². The van der Waals surface area contributed by atoms with E-state index in [1.807, 2.05) is 24.3 Å². The van der Waals surface area contributed by atoms with E-state index >= 15 is 0 Å². The highest BCUT2D eigenvalue weighted by Crippen LogP contribution is 2.20. The standard InChI is InChI=1S/C16H16BrN3O2S/c17-10-4-3-5-11(8-10)18-14(21)9-23-16-19-13-7-2-1-6-12(13)15(22)20-16/h3-5,8H,1-2,6-7,9H2,(H,18,21)(H,19,20,22). The minimum absolute atomic E-state index is 0.0652. The number of carbonyl (C=O) groups is 1. The third-order valence-corrected chi connectivity index (χ3v) is 4.98. The number of aromatic amines is 1. The van der Waals surface area contributed by atoms with Crippen LogP contribution >= 0.6 is 27.7 Å². The van der Waals surface area contributed by atoms with E-state index in [0.29, 0.717) is 5.16 Å². The fraction of sp³-hybridized carbons (Fsp3) is 0.312. The zero-order valence-corrected chi connectivity index (χ0v) is 14.8. The fourth-order valence-electron chi connectivity index (χ4n) is 2.55. The Morgan fingerprint density at radius 3 is 3.00 bits per heavy atom. The number of thioether (sulfide) groups is 1. The molecule has 2 N–H and O–H groups in total. The zero-order valence-electron chi connectivity index (χ0n) is 12.4. The molecule has 23 heavy (non-hydrogen) atoms. The highest BCUT2D eigenvalue weighted by molar-refractivity contribution is 9.10. The Labute approximate surface area is 146 Å². The lowest BCUT2D eigenvalue weighted by molar-refractivity contribution is -0.113. The lowest BCUT2D eigenvalue weighted by Crippen LogP contribution is -2.22. The summed E-state index contributed by atoms with van der Waals surface area (Å²) in [6.45, 7) is 0. The minimum Gasteiger partial charge on any atom is -0.325 e.